The van der Waals surface area contributed by atoms with Crippen LogP contribution in [0, 0.1) is 5.92 Å². The third-order valence-electron chi connectivity index (χ3n) is 4.19. The average molecular weight is 355 g/mol. The van der Waals surface area contributed by atoms with E-state index in [1.165, 1.54) is 17.4 Å². The van der Waals surface area contributed by atoms with Crippen LogP contribution in [-0.4, -0.2) is 24.4 Å². The van der Waals surface area contributed by atoms with Gasteiger partial charge in [-0.05, 0) is 56.2 Å². The van der Waals surface area contributed by atoms with Crippen molar-refractivity contribution >= 4 is 34.8 Å². The van der Waals surface area contributed by atoms with Crippen molar-refractivity contribution in [2.45, 2.75) is 44.6 Å². The van der Waals surface area contributed by atoms with Crippen molar-refractivity contribution in [3.8, 4) is 0 Å². The standard InChI is InChI=1S/C17H23ClN2O2S/c1-2-16(21)19-11-12-3-5-13(6-4-12)20-17(22)10-8-14-7-9-15(18)23-14/h2,7,9,12-13H,1,3-6,8,10-11H2,(H,19,21)(H,20,22). The molecule has 0 bridgehead atoms. The van der Waals surface area contributed by atoms with E-state index in [9.17, 15) is 9.59 Å². The Hall–Kier alpha value is -1.33. The van der Waals surface area contributed by atoms with Crippen molar-refractivity contribution < 1.29 is 9.59 Å². The van der Waals surface area contributed by atoms with Gasteiger partial charge in [-0.25, -0.2) is 0 Å². The molecule has 1 aromatic rings. The molecule has 0 saturated heterocycles. The Bertz CT molecular complexity index is 551. The zero-order valence-electron chi connectivity index (χ0n) is 13.1. The van der Waals surface area contributed by atoms with E-state index < -0.39 is 0 Å². The summed E-state index contributed by atoms with van der Waals surface area (Å²) in [7, 11) is 0. The number of carbonyl (C=O) groups is 2. The van der Waals surface area contributed by atoms with Crippen molar-refractivity contribution in [2.75, 3.05) is 6.54 Å². The van der Waals surface area contributed by atoms with Gasteiger partial charge in [0.15, 0.2) is 0 Å². The van der Waals surface area contributed by atoms with Crippen LogP contribution in [0.25, 0.3) is 0 Å². The molecular formula is C17H23ClN2O2S. The highest BCUT2D eigenvalue weighted by molar-refractivity contribution is 7.16. The molecule has 0 aliphatic heterocycles. The zero-order valence-corrected chi connectivity index (χ0v) is 14.7. The van der Waals surface area contributed by atoms with E-state index in [1.54, 1.807) is 0 Å². The molecule has 1 saturated carbocycles. The molecule has 23 heavy (non-hydrogen) atoms. The normalized spacial score (nSPS) is 20.7. The van der Waals surface area contributed by atoms with Gasteiger partial charge in [0.25, 0.3) is 0 Å². The fraction of sp³-hybridized carbons (Fsp3) is 0.529. The fourth-order valence-electron chi connectivity index (χ4n) is 2.85. The van der Waals surface area contributed by atoms with Crippen molar-refractivity contribution in [1.29, 1.82) is 0 Å². The molecule has 4 nitrogen and oxygen atoms in total. The van der Waals surface area contributed by atoms with Gasteiger partial charge in [-0.15, -0.1) is 11.3 Å². The van der Waals surface area contributed by atoms with Crippen LogP contribution in [0.4, 0.5) is 0 Å². The highest BCUT2D eigenvalue weighted by Crippen LogP contribution is 2.24. The number of hydrogen-bond acceptors (Lipinski definition) is 3. The minimum Gasteiger partial charge on any atom is -0.353 e. The lowest BCUT2D eigenvalue weighted by Crippen LogP contribution is -2.39. The van der Waals surface area contributed by atoms with Crippen LogP contribution in [0.2, 0.25) is 4.34 Å². The van der Waals surface area contributed by atoms with E-state index in [4.69, 9.17) is 11.6 Å². The molecule has 126 valence electrons. The van der Waals surface area contributed by atoms with Crippen LogP contribution in [0.3, 0.4) is 0 Å². The van der Waals surface area contributed by atoms with E-state index in [1.807, 2.05) is 12.1 Å². The molecule has 2 N–H and O–H groups in total. The van der Waals surface area contributed by atoms with E-state index in [0.29, 0.717) is 18.9 Å². The van der Waals surface area contributed by atoms with Crippen molar-refractivity contribution in [3.05, 3.63) is 34.0 Å². The van der Waals surface area contributed by atoms with E-state index in [2.05, 4.69) is 17.2 Å². The molecule has 2 rings (SSSR count). The first kappa shape index (κ1) is 18.0. The van der Waals surface area contributed by atoms with E-state index in [0.717, 1.165) is 41.3 Å². The number of carbonyl (C=O) groups excluding carboxylic acids is 2. The monoisotopic (exact) mass is 354 g/mol. The Morgan fingerprint density at radius 3 is 2.65 bits per heavy atom. The number of aryl methyl sites for hydroxylation is 1. The summed E-state index contributed by atoms with van der Waals surface area (Å²) in [6, 6.07) is 4.11. The molecule has 1 fully saturated rings. The Labute approximate surface area is 146 Å². The number of amides is 2. The summed E-state index contributed by atoms with van der Waals surface area (Å²) in [4.78, 5) is 24.3. The first-order valence-electron chi connectivity index (χ1n) is 8.00. The molecule has 2 amide bonds. The summed E-state index contributed by atoms with van der Waals surface area (Å²) in [5.41, 5.74) is 0. The van der Waals surface area contributed by atoms with Gasteiger partial charge in [0, 0.05) is 23.9 Å². The van der Waals surface area contributed by atoms with Gasteiger partial charge in [-0.2, -0.15) is 0 Å². The van der Waals surface area contributed by atoms with E-state index >= 15 is 0 Å². The Balaban J connectivity index is 1.62. The summed E-state index contributed by atoms with van der Waals surface area (Å²) in [5, 5.41) is 5.97. The number of hydrogen-bond donors (Lipinski definition) is 2. The van der Waals surface area contributed by atoms with Gasteiger partial charge in [0.2, 0.25) is 11.8 Å². The number of thiophene rings is 1. The largest absolute Gasteiger partial charge is 0.353 e. The fourth-order valence-corrected chi connectivity index (χ4v) is 3.94. The van der Waals surface area contributed by atoms with Crippen LogP contribution in [0.5, 0.6) is 0 Å². The summed E-state index contributed by atoms with van der Waals surface area (Å²) < 4.78 is 0.766. The summed E-state index contributed by atoms with van der Waals surface area (Å²) in [6.45, 7) is 4.14. The van der Waals surface area contributed by atoms with Gasteiger partial charge in [-0.1, -0.05) is 18.2 Å². The van der Waals surface area contributed by atoms with Crippen LogP contribution < -0.4 is 10.6 Å². The zero-order chi connectivity index (χ0) is 16.7. The smallest absolute Gasteiger partial charge is 0.243 e. The molecule has 1 heterocycles. The lowest BCUT2D eigenvalue weighted by Gasteiger charge is -2.29. The van der Waals surface area contributed by atoms with Crippen LogP contribution in [0.15, 0.2) is 24.8 Å². The molecule has 0 atom stereocenters. The molecule has 0 unspecified atom stereocenters. The van der Waals surface area contributed by atoms with Crippen LogP contribution in [0.1, 0.15) is 37.0 Å². The molecule has 0 spiro atoms. The summed E-state index contributed by atoms with van der Waals surface area (Å²) in [6.07, 6.45) is 6.56. The third kappa shape index (κ3) is 6.36. The van der Waals surface area contributed by atoms with Crippen LogP contribution in [-0.2, 0) is 16.0 Å². The maximum absolute atomic E-state index is 12.0. The second-order valence-corrected chi connectivity index (χ2v) is 7.74. The lowest BCUT2D eigenvalue weighted by atomic mass is 9.86. The Morgan fingerprint density at radius 1 is 1.30 bits per heavy atom. The number of rotatable bonds is 7. The maximum atomic E-state index is 12.0. The molecule has 1 aromatic heterocycles. The third-order valence-corrected chi connectivity index (χ3v) is 5.48. The van der Waals surface area contributed by atoms with Gasteiger partial charge in [0.1, 0.15) is 0 Å². The molecule has 0 aromatic carbocycles. The van der Waals surface area contributed by atoms with E-state index in [-0.39, 0.29) is 17.9 Å². The SMILES string of the molecule is C=CC(=O)NCC1CCC(NC(=O)CCc2ccc(Cl)s2)CC1. The van der Waals surface area contributed by atoms with Gasteiger partial charge in [0.05, 0.1) is 4.34 Å². The lowest BCUT2D eigenvalue weighted by molar-refractivity contribution is -0.122. The molecular weight excluding hydrogens is 332 g/mol. The predicted molar refractivity (Wildman–Crippen MR) is 94.7 cm³/mol. The summed E-state index contributed by atoms with van der Waals surface area (Å²) >= 11 is 7.42. The van der Waals surface area contributed by atoms with Crippen molar-refractivity contribution in [2.24, 2.45) is 5.92 Å². The molecule has 0 radical (unpaired) electrons. The van der Waals surface area contributed by atoms with Gasteiger partial charge < -0.3 is 10.6 Å². The Kier molecular flexibility index (Phi) is 7.12. The highest BCUT2D eigenvalue weighted by Gasteiger charge is 2.22. The topological polar surface area (TPSA) is 58.2 Å². The second kappa shape index (κ2) is 9.08. The summed E-state index contributed by atoms with van der Waals surface area (Å²) in [5.74, 6) is 0.493. The van der Waals surface area contributed by atoms with Crippen molar-refractivity contribution in [1.82, 2.24) is 10.6 Å². The van der Waals surface area contributed by atoms with Gasteiger partial charge >= 0.3 is 0 Å². The first-order chi connectivity index (χ1) is 11.1. The minimum atomic E-state index is -0.117. The number of nitrogens with one attached hydrogen (secondary N) is 2. The second-order valence-electron chi connectivity index (χ2n) is 5.94. The van der Waals surface area contributed by atoms with Crippen LogP contribution >= 0.6 is 22.9 Å². The Morgan fingerprint density at radius 2 is 2.04 bits per heavy atom. The molecule has 1 aliphatic rings. The first-order valence-corrected chi connectivity index (χ1v) is 9.20. The molecule has 1 aliphatic carbocycles. The average Bonchev–Trinajstić information content (AvgIpc) is 2.97. The predicted octanol–water partition coefficient (Wildman–Crippen LogP) is 3.31. The van der Waals surface area contributed by atoms with Crippen molar-refractivity contribution in [3.63, 3.8) is 0 Å². The van der Waals surface area contributed by atoms with Gasteiger partial charge in [-0.3, -0.25) is 9.59 Å². The quantitative estimate of drug-likeness (QED) is 0.738. The molecule has 6 heteroatoms. The minimum absolute atomic E-state index is 0.109. The number of halogens is 1. The highest BCUT2D eigenvalue weighted by atomic mass is 35.5. The maximum Gasteiger partial charge on any atom is 0.243 e.